The van der Waals surface area contributed by atoms with Crippen molar-refractivity contribution in [3.8, 4) is 0 Å². The van der Waals surface area contributed by atoms with Crippen molar-refractivity contribution in [2.75, 3.05) is 0 Å². The lowest BCUT2D eigenvalue weighted by Crippen LogP contribution is -2.12. The maximum atomic E-state index is 4.36. The SMILES string of the molecule is CC(C)(C)c1ccc2c(c1)C=NC2.CC(C)(C)c1ccc2cccnc2c1.CC(C)(C)c1ccc2cn[nH]c2c1.CC(C)(C)c1ccc2nc[nH]c2c1.CC(C)(C)c1ccc2ncccc2c1.CC(C)(C)c1ccc2nccn2c1.CC(C)(C)c1ccc2nccnc2c1.CC(C)(C)c1ccc2ncncc2c1.CC(C)(C)c1ccc2ncnn2c1.CC(C)(C)c1ccc2ncsc2c1. The number of thiazole rings is 1. The van der Waals surface area contributed by atoms with Gasteiger partial charge in [0.05, 0.1) is 78.9 Å². The van der Waals surface area contributed by atoms with E-state index in [1.54, 1.807) is 47.2 Å². The molecule has 19 aromatic rings. The monoisotopic (exact) mass is 1800 g/mol. The van der Waals surface area contributed by atoms with Gasteiger partial charge in [0.25, 0.3) is 0 Å². The summed E-state index contributed by atoms with van der Waals surface area (Å²) < 4.78 is 5.15. The number of rotatable bonds is 0. The Balaban J connectivity index is 0.000000143. The van der Waals surface area contributed by atoms with Gasteiger partial charge in [-0.15, -0.1) is 11.3 Å². The number of aromatic nitrogens is 16. The van der Waals surface area contributed by atoms with Crippen LogP contribution in [0, 0.1) is 0 Å². The second-order valence-electron chi connectivity index (χ2n) is 44.7. The molecule has 0 atom stereocenters. The molecule has 12 heterocycles. The number of aromatic amines is 2. The van der Waals surface area contributed by atoms with Crippen LogP contribution in [0.3, 0.4) is 0 Å². The summed E-state index contributed by atoms with van der Waals surface area (Å²) in [4.78, 5) is 49.5. The van der Waals surface area contributed by atoms with E-state index in [2.05, 4.69) is 463 Å². The Hall–Kier alpha value is -12.9. The zero-order chi connectivity index (χ0) is 97.6. The van der Waals surface area contributed by atoms with Crippen molar-refractivity contribution < 1.29 is 0 Å². The van der Waals surface area contributed by atoms with Crippen LogP contribution in [0.5, 0.6) is 0 Å². The van der Waals surface area contributed by atoms with E-state index in [-0.39, 0.29) is 54.1 Å². The van der Waals surface area contributed by atoms with Gasteiger partial charge in [0, 0.05) is 83.5 Å². The fourth-order valence-corrected chi connectivity index (χ4v) is 15.0. The molecule has 0 bridgehead atoms. The van der Waals surface area contributed by atoms with Crippen LogP contribution in [-0.4, -0.2) is 85.3 Å². The number of benzene rings is 8. The van der Waals surface area contributed by atoms with Crippen LogP contribution in [-0.2, 0) is 60.7 Å². The highest BCUT2D eigenvalue weighted by Crippen LogP contribution is 2.34. The van der Waals surface area contributed by atoms with Crippen LogP contribution in [0.25, 0.3) is 87.2 Å². The van der Waals surface area contributed by atoms with Crippen molar-refractivity contribution in [1.29, 1.82) is 0 Å². The van der Waals surface area contributed by atoms with E-state index in [0.717, 1.165) is 72.9 Å². The molecule has 8 aromatic carbocycles. The van der Waals surface area contributed by atoms with Gasteiger partial charge < -0.3 is 9.38 Å². The zero-order valence-electron chi connectivity index (χ0n) is 85.0. The standard InChI is InChI=1S/2C13H15N.2C12H14N2.C12H15N.3C11H14N2.C11H13NS.C10H13N3/c1-13(2,3)11-6-7-12-10(9-11)5-4-8-14-12;1-13(2,3)11-7-6-10-5-4-8-14-12(10)9-11;1-12(2,3)10-4-5-11-9(6-10)7-13-8-14-11;1-12(2,3)9-4-5-10-11(8-9)14-7-6-13-10;1-12(2,3)11-5-4-9-7-13-8-10(9)6-11;1-11(2,3)9-5-4-8-7-12-13-10(8)6-9;1-11(2,3)8-4-5-9-10(6-8)13-7-12-9;1-11(2,3)9-4-5-10-12-6-7-13(10)8-9;1-11(2,3)8-4-5-9-10(6-8)13-7-12-9;1-10(2,3)8-4-5-9-11-7-12-13(9)6-8/h2*4-9H,1-3H3;2*4-8H,1-3H3;4-6,8H,7H2,1-3H3;2*4-7H,1-3H3,(H,12,13);4-8H,1-3H3;2*4-7H,1-3H3. The highest BCUT2D eigenvalue weighted by Gasteiger charge is 2.23. The van der Waals surface area contributed by atoms with Gasteiger partial charge in [0.15, 0.2) is 5.65 Å². The summed E-state index contributed by atoms with van der Waals surface area (Å²) in [5.41, 5.74) is 31.3. The summed E-state index contributed by atoms with van der Waals surface area (Å²) in [5, 5.41) is 15.8. The molecule has 0 saturated carbocycles. The molecule has 2 N–H and O–H groups in total. The predicted molar refractivity (Wildman–Crippen MR) is 567 cm³/mol. The van der Waals surface area contributed by atoms with Crippen LogP contribution >= 0.6 is 11.3 Å². The molecule has 1 aliphatic rings. The van der Waals surface area contributed by atoms with Crippen molar-refractivity contribution in [2.45, 2.75) is 268 Å². The van der Waals surface area contributed by atoms with Gasteiger partial charge in [0.1, 0.15) is 18.3 Å². The van der Waals surface area contributed by atoms with Gasteiger partial charge in [-0.25, -0.2) is 34.4 Å². The van der Waals surface area contributed by atoms with Gasteiger partial charge in [-0.05, 0) is 224 Å². The second kappa shape index (κ2) is 42.1. The molecule has 0 aliphatic carbocycles. The molecule has 0 radical (unpaired) electrons. The van der Waals surface area contributed by atoms with E-state index < -0.39 is 0 Å². The first-order valence-electron chi connectivity index (χ1n) is 46.4. The van der Waals surface area contributed by atoms with E-state index in [4.69, 9.17) is 0 Å². The molecular weight excluding hydrogens is 1660 g/mol. The fourth-order valence-electron chi connectivity index (χ4n) is 14.3. The Morgan fingerprint density at radius 1 is 0.306 bits per heavy atom. The van der Waals surface area contributed by atoms with E-state index in [1.807, 2.05) is 79.4 Å². The van der Waals surface area contributed by atoms with Gasteiger partial charge >= 0.3 is 0 Å². The Kier molecular flexibility index (Phi) is 31.9. The van der Waals surface area contributed by atoms with Gasteiger partial charge in [-0.3, -0.25) is 30.0 Å². The van der Waals surface area contributed by atoms with Gasteiger partial charge in [0.2, 0.25) is 0 Å². The predicted octanol–water partition coefficient (Wildman–Crippen LogP) is 29.8. The summed E-state index contributed by atoms with van der Waals surface area (Å²) >= 11 is 1.71. The number of H-pyrrole nitrogens is 2. The van der Waals surface area contributed by atoms with Crippen molar-refractivity contribution in [3.05, 3.63) is 347 Å². The smallest absolute Gasteiger partial charge is 0.155 e. The first kappa shape index (κ1) is 102. The molecule has 696 valence electrons. The summed E-state index contributed by atoms with van der Waals surface area (Å²) in [6, 6.07) is 68.0. The van der Waals surface area contributed by atoms with Crippen molar-refractivity contribution in [2.24, 2.45) is 4.99 Å². The first-order chi connectivity index (χ1) is 62.7. The lowest BCUT2D eigenvalue weighted by Gasteiger charge is -2.19. The summed E-state index contributed by atoms with van der Waals surface area (Å²) in [5.74, 6) is 0. The quantitative estimate of drug-likeness (QED) is 0.145. The number of hydrogen-bond acceptors (Lipinski definition) is 14. The van der Waals surface area contributed by atoms with Crippen LogP contribution < -0.4 is 0 Å². The number of hydrogen-bond donors (Lipinski definition) is 2. The van der Waals surface area contributed by atoms with Crippen LogP contribution in [0.15, 0.2) is 286 Å². The van der Waals surface area contributed by atoms with E-state index in [1.165, 1.54) is 87.6 Å². The van der Waals surface area contributed by atoms with E-state index in [0.29, 0.717) is 0 Å². The van der Waals surface area contributed by atoms with Crippen molar-refractivity contribution in [3.63, 3.8) is 0 Å². The molecule has 20 rings (SSSR count). The Labute approximate surface area is 799 Å². The number of pyridine rings is 4. The number of imidazole rings is 2. The molecular formula is C116H141N17S. The minimum atomic E-state index is 0.167. The molecule has 17 nitrogen and oxygen atoms in total. The fraction of sp³-hybridized carbons (Fsp3) is 0.353. The van der Waals surface area contributed by atoms with Crippen LogP contribution in [0.2, 0.25) is 0 Å². The average molecular weight is 1810 g/mol. The average Bonchev–Trinajstić information content (AvgIpc) is 1.71. The minimum Gasteiger partial charge on any atom is -0.345 e. The summed E-state index contributed by atoms with van der Waals surface area (Å²) in [7, 11) is 0. The molecule has 11 aromatic heterocycles. The molecule has 134 heavy (non-hydrogen) atoms. The molecule has 0 fully saturated rings. The molecule has 0 saturated heterocycles. The topological polar surface area (TPSA) is 207 Å². The lowest BCUT2D eigenvalue weighted by atomic mass is 9.85. The van der Waals surface area contributed by atoms with Crippen molar-refractivity contribution in [1.82, 2.24) is 79.0 Å². The molecule has 18 heteroatoms. The summed E-state index contributed by atoms with van der Waals surface area (Å²) in [6.07, 6.45) is 25.7. The van der Waals surface area contributed by atoms with Gasteiger partial charge in [-0.1, -0.05) is 299 Å². The molecule has 0 spiro atoms. The molecule has 1 aliphatic heterocycles. The van der Waals surface area contributed by atoms with E-state index >= 15 is 0 Å². The highest BCUT2D eigenvalue weighted by molar-refractivity contribution is 7.16. The number of fused-ring (bicyclic) bond motifs is 10. The number of aliphatic imine (C=N–C) groups is 1. The minimum absolute atomic E-state index is 0.167. The molecule has 0 unspecified atom stereocenters. The van der Waals surface area contributed by atoms with Gasteiger partial charge in [-0.2, -0.15) is 10.2 Å². The number of nitrogens with one attached hydrogen (secondary N) is 2. The maximum Gasteiger partial charge on any atom is 0.155 e. The third kappa shape index (κ3) is 28.6. The van der Waals surface area contributed by atoms with Crippen LogP contribution in [0.1, 0.15) is 274 Å². The Bertz CT molecular complexity index is 6260. The lowest BCUT2D eigenvalue weighted by molar-refractivity contribution is 0.584. The van der Waals surface area contributed by atoms with E-state index in [9.17, 15) is 0 Å². The second-order valence-corrected chi connectivity index (χ2v) is 45.6. The third-order valence-corrected chi connectivity index (χ3v) is 24.1. The first-order valence-corrected chi connectivity index (χ1v) is 47.3. The van der Waals surface area contributed by atoms with Crippen molar-refractivity contribution >= 4 is 105 Å². The Morgan fingerprint density at radius 2 is 0.761 bits per heavy atom. The normalized spacial score (nSPS) is 12.3. The highest BCUT2D eigenvalue weighted by atomic mass is 32.1. The summed E-state index contributed by atoms with van der Waals surface area (Å²) in [6.45, 7) is 67.3. The number of nitrogens with zero attached hydrogens (tertiary/aromatic N) is 15. The maximum absolute atomic E-state index is 4.36. The largest absolute Gasteiger partial charge is 0.345 e. The molecule has 0 amide bonds. The third-order valence-electron chi connectivity index (χ3n) is 23.3. The zero-order valence-corrected chi connectivity index (χ0v) is 85.8. The Morgan fingerprint density at radius 3 is 1.37 bits per heavy atom. The van der Waals surface area contributed by atoms with Crippen LogP contribution in [0.4, 0.5) is 0 Å².